The first kappa shape index (κ1) is 13.8. The maximum atomic E-state index is 5.93. The van der Waals surface area contributed by atoms with E-state index in [-0.39, 0.29) is 5.88 Å². The molecule has 2 aromatic rings. The Labute approximate surface area is 117 Å². The van der Waals surface area contributed by atoms with Gasteiger partial charge in [0.15, 0.2) is 11.6 Å². The van der Waals surface area contributed by atoms with Crippen LogP contribution in [0.3, 0.4) is 0 Å². The lowest BCUT2D eigenvalue weighted by molar-refractivity contribution is 0.176. The Hall–Kier alpha value is -1.59. The van der Waals surface area contributed by atoms with Crippen molar-refractivity contribution in [2.45, 2.75) is 19.4 Å². The highest BCUT2D eigenvalue weighted by atomic mass is 35.5. The summed E-state index contributed by atoms with van der Waals surface area (Å²) in [6, 6.07) is 5.92. The Morgan fingerprint density at radius 2 is 1.95 bits per heavy atom. The Balaban J connectivity index is 2.62. The third kappa shape index (κ3) is 2.72. The van der Waals surface area contributed by atoms with E-state index in [1.54, 1.807) is 14.2 Å². The number of hydrogen-bond donors (Lipinski definition) is 0. The van der Waals surface area contributed by atoms with Gasteiger partial charge in [-0.1, -0.05) is 6.07 Å². The maximum absolute atomic E-state index is 5.93. The summed E-state index contributed by atoms with van der Waals surface area (Å²) in [5.41, 5.74) is 1.99. The maximum Gasteiger partial charge on any atom is 0.163 e. The molecule has 0 bridgehead atoms. The Morgan fingerprint density at radius 1 is 1.21 bits per heavy atom. The molecular formula is C13H16ClN3O2. The van der Waals surface area contributed by atoms with E-state index in [9.17, 15) is 0 Å². The van der Waals surface area contributed by atoms with Crippen LogP contribution in [0.4, 0.5) is 0 Å². The predicted molar refractivity (Wildman–Crippen MR) is 72.9 cm³/mol. The smallest absolute Gasteiger partial charge is 0.163 e. The first-order chi connectivity index (χ1) is 9.21. The van der Waals surface area contributed by atoms with Gasteiger partial charge in [0.25, 0.3) is 0 Å². The molecule has 0 unspecified atom stereocenters. The second-order valence-electron chi connectivity index (χ2n) is 4.11. The van der Waals surface area contributed by atoms with Crippen LogP contribution in [0.25, 0.3) is 5.69 Å². The number of nitrogens with zero attached hydrogens (tertiary/aromatic N) is 3. The zero-order valence-corrected chi connectivity index (χ0v) is 11.9. The second-order valence-corrected chi connectivity index (χ2v) is 4.38. The van der Waals surface area contributed by atoms with Crippen molar-refractivity contribution in [1.82, 2.24) is 14.8 Å². The monoisotopic (exact) mass is 281 g/mol. The van der Waals surface area contributed by atoms with Gasteiger partial charge in [0.05, 0.1) is 18.7 Å². The zero-order valence-electron chi connectivity index (χ0n) is 11.2. The van der Waals surface area contributed by atoms with Crippen LogP contribution in [0.1, 0.15) is 17.2 Å². The van der Waals surface area contributed by atoms with Crippen LogP contribution < -0.4 is 4.74 Å². The minimum Gasteiger partial charge on any atom is -0.495 e. The van der Waals surface area contributed by atoms with Crippen LogP contribution in [-0.4, -0.2) is 29.0 Å². The number of rotatable bonds is 5. The summed E-state index contributed by atoms with van der Waals surface area (Å²) in [6.07, 6.45) is 0. The van der Waals surface area contributed by atoms with Crippen molar-refractivity contribution in [2.24, 2.45) is 0 Å². The number of hydrogen-bond acceptors (Lipinski definition) is 4. The lowest BCUT2D eigenvalue weighted by Gasteiger charge is -2.13. The van der Waals surface area contributed by atoms with Gasteiger partial charge in [-0.05, 0) is 24.6 Å². The molecule has 0 N–H and O–H groups in total. The molecule has 0 aliphatic heterocycles. The molecule has 0 spiro atoms. The Kier molecular flexibility index (Phi) is 4.39. The molecule has 0 fully saturated rings. The first-order valence-electron chi connectivity index (χ1n) is 5.84. The molecular weight excluding hydrogens is 266 g/mol. The van der Waals surface area contributed by atoms with Gasteiger partial charge in [0.2, 0.25) is 0 Å². The summed E-state index contributed by atoms with van der Waals surface area (Å²) < 4.78 is 12.4. The van der Waals surface area contributed by atoms with Gasteiger partial charge in [-0.15, -0.1) is 21.8 Å². The Morgan fingerprint density at radius 3 is 2.58 bits per heavy atom. The SMILES string of the molecule is COCc1nnc(CCl)n1-c1cc(C)ccc1OC. The quantitative estimate of drug-likeness (QED) is 0.790. The molecule has 0 aliphatic rings. The topological polar surface area (TPSA) is 49.2 Å². The van der Waals surface area contributed by atoms with E-state index in [2.05, 4.69) is 10.2 Å². The second kappa shape index (κ2) is 6.04. The minimum absolute atomic E-state index is 0.272. The van der Waals surface area contributed by atoms with E-state index < -0.39 is 0 Å². The number of aryl methyl sites for hydroxylation is 1. The molecule has 19 heavy (non-hydrogen) atoms. The molecule has 0 saturated carbocycles. The van der Waals surface area contributed by atoms with Crippen LogP contribution in [0.15, 0.2) is 18.2 Å². The molecule has 1 heterocycles. The largest absolute Gasteiger partial charge is 0.495 e. The van der Waals surface area contributed by atoms with Crippen molar-refractivity contribution in [3.05, 3.63) is 35.4 Å². The van der Waals surface area contributed by atoms with Gasteiger partial charge in [-0.2, -0.15) is 0 Å². The summed E-state index contributed by atoms with van der Waals surface area (Å²) in [7, 11) is 3.25. The molecule has 1 aromatic heterocycles. The fraction of sp³-hybridized carbons (Fsp3) is 0.385. The highest BCUT2D eigenvalue weighted by Gasteiger charge is 2.16. The van der Waals surface area contributed by atoms with E-state index in [1.807, 2.05) is 29.7 Å². The summed E-state index contributed by atoms with van der Waals surface area (Å²) >= 11 is 5.93. The summed E-state index contributed by atoms with van der Waals surface area (Å²) in [5, 5.41) is 8.19. The van der Waals surface area contributed by atoms with Crippen molar-refractivity contribution in [1.29, 1.82) is 0 Å². The van der Waals surface area contributed by atoms with Gasteiger partial charge in [0, 0.05) is 7.11 Å². The summed E-state index contributed by atoms with van der Waals surface area (Å²) in [4.78, 5) is 0. The number of benzene rings is 1. The first-order valence-corrected chi connectivity index (χ1v) is 6.37. The van der Waals surface area contributed by atoms with Crippen molar-refractivity contribution < 1.29 is 9.47 Å². The molecule has 0 aliphatic carbocycles. The minimum atomic E-state index is 0.272. The van der Waals surface area contributed by atoms with E-state index in [0.29, 0.717) is 18.3 Å². The van der Waals surface area contributed by atoms with Crippen LogP contribution in [0.5, 0.6) is 5.75 Å². The molecule has 102 valence electrons. The van der Waals surface area contributed by atoms with Crippen LogP contribution in [-0.2, 0) is 17.2 Å². The summed E-state index contributed by atoms with van der Waals surface area (Å²) in [5.74, 6) is 2.38. The fourth-order valence-electron chi connectivity index (χ4n) is 1.92. The number of methoxy groups -OCH3 is 2. The van der Waals surface area contributed by atoms with Crippen molar-refractivity contribution in [3.8, 4) is 11.4 Å². The number of halogens is 1. The van der Waals surface area contributed by atoms with Crippen molar-refractivity contribution >= 4 is 11.6 Å². The summed E-state index contributed by atoms with van der Waals surface area (Å²) in [6.45, 7) is 2.38. The molecule has 6 heteroatoms. The van der Waals surface area contributed by atoms with Crippen LogP contribution >= 0.6 is 11.6 Å². The molecule has 0 radical (unpaired) electrons. The number of ether oxygens (including phenoxy) is 2. The van der Waals surface area contributed by atoms with Crippen molar-refractivity contribution in [2.75, 3.05) is 14.2 Å². The number of alkyl halides is 1. The van der Waals surface area contributed by atoms with Gasteiger partial charge >= 0.3 is 0 Å². The Bertz CT molecular complexity index is 569. The molecule has 0 saturated heterocycles. The lowest BCUT2D eigenvalue weighted by atomic mass is 10.2. The molecule has 0 amide bonds. The lowest BCUT2D eigenvalue weighted by Crippen LogP contribution is -2.07. The predicted octanol–water partition coefficient (Wildman–Crippen LogP) is 2.47. The third-order valence-corrected chi connectivity index (χ3v) is 3.00. The van der Waals surface area contributed by atoms with Gasteiger partial charge in [-0.25, -0.2) is 0 Å². The van der Waals surface area contributed by atoms with Crippen molar-refractivity contribution in [3.63, 3.8) is 0 Å². The standard InChI is InChI=1S/C13H16ClN3O2/c1-9-4-5-11(19-3)10(6-9)17-12(7-14)15-16-13(17)8-18-2/h4-6H,7-8H2,1-3H3. The molecule has 2 rings (SSSR count). The van der Waals surface area contributed by atoms with E-state index in [1.165, 1.54) is 0 Å². The average Bonchev–Trinajstić information content (AvgIpc) is 2.82. The highest BCUT2D eigenvalue weighted by Crippen LogP contribution is 2.26. The zero-order chi connectivity index (χ0) is 13.8. The normalized spacial score (nSPS) is 10.7. The van der Waals surface area contributed by atoms with E-state index in [4.69, 9.17) is 21.1 Å². The number of aromatic nitrogens is 3. The van der Waals surface area contributed by atoms with Crippen LogP contribution in [0, 0.1) is 6.92 Å². The van der Waals surface area contributed by atoms with Gasteiger partial charge < -0.3 is 9.47 Å². The average molecular weight is 282 g/mol. The highest BCUT2D eigenvalue weighted by molar-refractivity contribution is 6.16. The molecule has 1 aromatic carbocycles. The van der Waals surface area contributed by atoms with E-state index >= 15 is 0 Å². The fourth-order valence-corrected chi connectivity index (χ4v) is 2.09. The molecule has 0 atom stereocenters. The molecule has 5 nitrogen and oxygen atoms in total. The van der Waals surface area contributed by atoms with E-state index in [0.717, 1.165) is 17.0 Å². The third-order valence-electron chi connectivity index (χ3n) is 2.77. The van der Waals surface area contributed by atoms with Crippen LogP contribution in [0.2, 0.25) is 0 Å². The van der Waals surface area contributed by atoms with Gasteiger partial charge in [0.1, 0.15) is 12.4 Å². The van der Waals surface area contributed by atoms with Gasteiger partial charge in [-0.3, -0.25) is 4.57 Å².